The lowest BCUT2D eigenvalue weighted by Gasteiger charge is -2.11. The van der Waals surface area contributed by atoms with Crippen molar-refractivity contribution in [1.82, 2.24) is 14.9 Å². The molecule has 7 heteroatoms. The van der Waals surface area contributed by atoms with E-state index in [0.29, 0.717) is 18.5 Å². The molecule has 0 fully saturated rings. The van der Waals surface area contributed by atoms with Gasteiger partial charge in [-0.2, -0.15) is 0 Å². The van der Waals surface area contributed by atoms with Crippen LogP contribution < -0.4 is 10.6 Å². The fourth-order valence-corrected chi connectivity index (χ4v) is 3.98. The van der Waals surface area contributed by atoms with Gasteiger partial charge in [0.25, 0.3) is 5.91 Å². The predicted octanol–water partition coefficient (Wildman–Crippen LogP) is 4.37. The molecule has 2 amide bonds. The molecule has 0 radical (unpaired) electrons. The maximum atomic E-state index is 12.8. The SMILES string of the molecule is CSc1cccc(NC(=O)Cn2c(CCNC(=O)c3ccccc3)nc3ccccc32)c1. The molecule has 0 aliphatic rings. The minimum Gasteiger partial charge on any atom is -0.352 e. The number of fused-ring (bicyclic) bond motifs is 1. The number of carbonyl (C=O) groups excluding carboxylic acids is 2. The van der Waals surface area contributed by atoms with Crippen molar-refractivity contribution in [3.8, 4) is 0 Å². The molecule has 0 bridgehead atoms. The lowest BCUT2D eigenvalue weighted by Crippen LogP contribution is -2.27. The molecule has 1 aromatic heterocycles. The Hall–Kier alpha value is -3.58. The third-order valence-corrected chi connectivity index (χ3v) is 5.78. The first-order valence-electron chi connectivity index (χ1n) is 10.4. The summed E-state index contributed by atoms with van der Waals surface area (Å²) in [5.41, 5.74) is 3.11. The van der Waals surface area contributed by atoms with Gasteiger partial charge in [-0.15, -0.1) is 11.8 Å². The van der Waals surface area contributed by atoms with Gasteiger partial charge in [0.1, 0.15) is 12.4 Å². The lowest BCUT2D eigenvalue weighted by atomic mass is 10.2. The highest BCUT2D eigenvalue weighted by molar-refractivity contribution is 7.98. The molecule has 0 saturated carbocycles. The molecular formula is C25H24N4O2S. The standard InChI is InChI=1S/C25H24N4O2S/c1-32-20-11-7-10-19(16-20)27-24(30)17-29-22-13-6-5-12-21(22)28-23(29)14-15-26-25(31)18-8-3-2-4-9-18/h2-13,16H,14-15,17H2,1H3,(H,26,31)(H,27,30). The highest BCUT2D eigenvalue weighted by Crippen LogP contribution is 2.20. The molecule has 2 N–H and O–H groups in total. The zero-order valence-corrected chi connectivity index (χ0v) is 18.6. The second kappa shape index (κ2) is 10.2. The molecule has 0 aliphatic carbocycles. The Kier molecular flexibility index (Phi) is 6.87. The van der Waals surface area contributed by atoms with Gasteiger partial charge >= 0.3 is 0 Å². The number of hydrogen-bond donors (Lipinski definition) is 2. The molecule has 4 rings (SSSR count). The van der Waals surface area contributed by atoms with Crippen molar-refractivity contribution in [3.63, 3.8) is 0 Å². The molecule has 0 aliphatic heterocycles. The number of anilines is 1. The number of hydrogen-bond acceptors (Lipinski definition) is 4. The Morgan fingerprint density at radius 3 is 2.56 bits per heavy atom. The maximum Gasteiger partial charge on any atom is 0.251 e. The van der Waals surface area contributed by atoms with Crippen LogP contribution in [-0.4, -0.2) is 34.2 Å². The molecule has 6 nitrogen and oxygen atoms in total. The average Bonchev–Trinajstić information content (AvgIpc) is 3.16. The number of benzene rings is 3. The molecule has 0 saturated heterocycles. The maximum absolute atomic E-state index is 12.8. The summed E-state index contributed by atoms with van der Waals surface area (Å²) in [5.74, 6) is 0.508. The van der Waals surface area contributed by atoms with E-state index in [1.807, 2.05) is 77.6 Å². The minimum atomic E-state index is -0.125. The van der Waals surface area contributed by atoms with E-state index in [2.05, 4.69) is 10.6 Å². The van der Waals surface area contributed by atoms with Crippen LogP contribution >= 0.6 is 11.8 Å². The molecule has 3 aromatic carbocycles. The van der Waals surface area contributed by atoms with Crippen LogP contribution in [0.25, 0.3) is 11.0 Å². The van der Waals surface area contributed by atoms with E-state index in [4.69, 9.17) is 4.98 Å². The third-order valence-electron chi connectivity index (χ3n) is 5.06. The Morgan fingerprint density at radius 2 is 1.75 bits per heavy atom. The smallest absolute Gasteiger partial charge is 0.251 e. The van der Waals surface area contributed by atoms with E-state index in [-0.39, 0.29) is 18.4 Å². The monoisotopic (exact) mass is 444 g/mol. The van der Waals surface area contributed by atoms with Crippen molar-refractivity contribution in [3.05, 3.63) is 90.3 Å². The second-order valence-electron chi connectivity index (χ2n) is 7.25. The number of nitrogens with one attached hydrogen (secondary N) is 2. The van der Waals surface area contributed by atoms with Crippen LogP contribution in [0.3, 0.4) is 0 Å². The molecule has 1 heterocycles. The van der Waals surface area contributed by atoms with Gasteiger partial charge in [0.05, 0.1) is 11.0 Å². The molecule has 0 spiro atoms. The summed E-state index contributed by atoms with van der Waals surface area (Å²) in [6.07, 6.45) is 2.52. The van der Waals surface area contributed by atoms with E-state index < -0.39 is 0 Å². The molecular weight excluding hydrogens is 420 g/mol. The topological polar surface area (TPSA) is 76.0 Å². The molecule has 162 valence electrons. The van der Waals surface area contributed by atoms with E-state index in [0.717, 1.165) is 27.4 Å². The summed E-state index contributed by atoms with van der Waals surface area (Å²) in [6, 6.07) is 24.6. The summed E-state index contributed by atoms with van der Waals surface area (Å²) in [4.78, 5) is 30.9. The molecule has 4 aromatic rings. The number of nitrogens with zero attached hydrogens (tertiary/aromatic N) is 2. The normalized spacial score (nSPS) is 10.8. The Balaban J connectivity index is 1.47. The van der Waals surface area contributed by atoms with Crippen LogP contribution in [0, 0.1) is 0 Å². The van der Waals surface area contributed by atoms with Gasteiger partial charge in [-0.1, -0.05) is 36.4 Å². The molecule has 0 unspecified atom stereocenters. The van der Waals surface area contributed by atoms with Gasteiger partial charge in [0, 0.05) is 29.1 Å². The zero-order chi connectivity index (χ0) is 22.3. The number of para-hydroxylation sites is 2. The van der Waals surface area contributed by atoms with Crippen LogP contribution in [0.1, 0.15) is 16.2 Å². The lowest BCUT2D eigenvalue weighted by molar-refractivity contribution is -0.116. The van der Waals surface area contributed by atoms with Crippen LogP contribution in [0.5, 0.6) is 0 Å². The first-order chi connectivity index (χ1) is 15.6. The van der Waals surface area contributed by atoms with Gasteiger partial charge in [-0.3, -0.25) is 9.59 Å². The molecule has 32 heavy (non-hydrogen) atoms. The van der Waals surface area contributed by atoms with E-state index >= 15 is 0 Å². The quantitative estimate of drug-likeness (QED) is 0.396. The van der Waals surface area contributed by atoms with Crippen LogP contribution in [0.15, 0.2) is 83.8 Å². The van der Waals surface area contributed by atoms with Crippen molar-refractivity contribution >= 4 is 40.3 Å². The van der Waals surface area contributed by atoms with Crippen molar-refractivity contribution in [1.29, 1.82) is 0 Å². The first kappa shape index (κ1) is 21.6. The van der Waals surface area contributed by atoms with Gasteiger partial charge < -0.3 is 15.2 Å². The predicted molar refractivity (Wildman–Crippen MR) is 129 cm³/mol. The molecule has 0 atom stereocenters. The highest BCUT2D eigenvalue weighted by Gasteiger charge is 2.14. The number of aromatic nitrogens is 2. The van der Waals surface area contributed by atoms with Crippen molar-refractivity contribution in [2.75, 3.05) is 18.1 Å². The van der Waals surface area contributed by atoms with Gasteiger partial charge in [0.15, 0.2) is 0 Å². The fraction of sp³-hybridized carbons (Fsp3) is 0.160. The Morgan fingerprint density at radius 1 is 0.969 bits per heavy atom. The van der Waals surface area contributed by atoms with Crippen LogP contribution in [-0.2, 0) is 17.8 Å². The van der Waals surface area contributed by atoms with Gasteiger partial charge in [0.2, 0.25) is 5.91 Å². The van der Waals surface area contributed by atoms with Crippen molar-refractivity contribution in [2.45, 2.75) is 17.9 Å². The number of amides is 2. The van der Waals surface area contributed by atoms with E-state index in [1.165, 1.54) is 0 Å². The highest BCUT2D eigenvalue weighted by atomic mass is 32.2. The Bertz CT molecular complexity index is 1240. The van der Waals surface area contributed by atoms with Crippen LogP contribution in [0.4, 0.5) is 5.69 Å². The fourth-order valence-electron chi connectivity index (χ4n) is 3.52. The van der Waals surface area contributed by atoms with E-state index in [1.54, 1.807) is 23.9 Å². The zero-order valence-electron chi connectivity index (χ0n) is 17.7. The number of carbonyl (C=O) groups is 2. The largest absolute Gasteiger partial charge is 0.352 e. The van der Waals surface area contributed by atoms with Crippen molar-refractivity contribution < 1.29 is 9.59 Å². The van der Waals surface area contributed by atoms with E-state index in [9.17, 15) is 9.59 Å². The first-order valence-corrected chi connectivity index (χ1v) is 11.6. The Labute approximate surface area is 191 Å². The summed E-state index contributed by atoms with van der Waals surface area (Å²) in [7, 11) is 0. The third kappa shape index (κ3) is 5.18. The summed E-state index contributed by atoms with van der Waals surface area (Å²) >= 11 is 1.63. The number of thioether (sulfide) groups is 1. The minimum absolute atomic E-state index is 0.124. The summed E-state index contributed by atoms with van der Waals surface area (Å²) < 4.78 is 1.91. The van der Waals surface area contributed by atoms with Crippen molar-refractivity contribution in [2.24, 2.45) is 0 Å². The number of rotatable bonds is 8. The second-order valence-corrected chi connectivity index (χ2v) is 8.13. The summed E-state index contributed by atoms with van der Waals surface area (Å²) in [5, 5.41) is 5.90. The average molecular weight is 445 g/mol. The summed E-state index contributed by atoms with van der Waals surface area (Å²) in [6.45, 7) is 0.570. The van der Waals surface area contributed by atoms with Gasteiger partial charge in [-0.05, 0) is 48.7 Å². The van der Waals surface area contributed by atoms with Gasteiger partial charge in [-0.25, -0.2) is 4.98 Å². The van der Waals surface area contributed by atoms with Crippen LogP contribution in [0.2, 0.25) is 0 Å². The number of imidazole rings is 1.